The van der Waals surface area contributed by atoms with Crippen LogP contribution in [0.5, 0.6) is 23.0 Å². The van der Waals surface area contributed by atoms with E-state index in [0.29, 0.717) is 11.1 Å². The van der Waals surface area contributed by atoms with Gasteiger partial charge in [0.05, 0.1) is 0 Å². The number of hydrogen-bond donors (Lipinski definition) is 3. The van der Waals surface area contributed by atoms with Gasteiger partial charge < -0.3 is 19.5 Å². The number of aromatic hydroxyl groups is 3. The maximum Gasteiger partial charge on any atom is 0.339 e. The minimum Gasteiger partial charge on any atom is -0.508 e. The molecule has 0 spiro atoms. The highest BCUT2D eigenvalue weighted by molar-refractivity contribution is 7.87. The van der Waals surface area contributed by atoms with E-state index < -0.39 is 10.1 Å². The van der Waals surface area contributed by atoms with Crippen LogP contribution in [0.2, 0.25) is 0 Å². The molecule has 0 heterocycles. The van der Waals surface area contributed by atoms with Crippen LogP contribution in [0.1, 0.15) is 15.9 Å². The maximum absolute atomic E-state index is 12.2. The highest BCUT2D eigenvalue weighted by Crippen LogP contribution is 2.25. The summed E-state index contributed by atoms with van der Waals surface area (Å²) in [5.41, 5.74) is 0.826. The Hall–Kier alpha value is -3.78. The molecule has 3 N–H and O–H groups in total. The van der Waals surface area contributed by atoms with Gasteiger partial charge in [-0.05, 0) is 72.3 Å². The standard InChI is InChI=1S/C21H16O7S/c22-16-5-9-18(10-6-16)29(26,27)28-17-7-3-15(4-8-17)19(23)11-1-14-2-12-20(24)21(25)13-14/h1-13,22,24-25H/b11-1+. The Morgan fingerprint density at radius 1 is 0.828 bits per heavy atom. The van der Waals surface area contributed by atoms with E-state index in [9.17, 15) is 28.5 Å². The van der Waals surface area contributed by atoms with Crippen LogP contribution in [0.15, 0.2) is 77.7 Å². The van der Waals surface area contributed by atoms with E-state index in [-0.39, 0.29) is 33.7 Å². The second kappa shape index (κ2) is 8.07. The number of carbonyl (C=O) groups is 1. The maximum atomic E-state index is 12.2. The van der Waals surface area contributed by atoms with Gasteiger partial charge in [0.1, 0.15) is 16.4 Å². The van der Waals surface area contributed by atoms with Gasteiger partial charge in [-0.15, -0.1) is 0 Å². The Labute approximate surface area is 166 Å². The lowest BCUT2D eigenvalue weighted by atomic mass is 10.1. The molecular formula is C21H16O7S. The van der Waals surface area contributed by atoms with Crippen LogP contribution in [0.3, 0.4) is 0 Å². The largest absolute Gasteiger partial charge is 0.508 e. The van der Waals surface area contributed by atoms with Gasteiger partial charge in [0.15, 0.2) is 17.3 Å². The molecule has 0 atom stereocenters. The zero-order chi connectivity index (χ0) is 21.0. The molecule has 3 aromatic carbocycles. The molecule has 0 saturated heterocycles. The van der Waals surface area contributed by atoms with Crippen molar-refractivity contribution >= 4 is 22.0 Å². The lowest BCUT2D eigenvalue weighted by Gasteiger charge is -2.07. The van der Waals surface area contributed by atoms with Crippen molar-refractivity contribution in [3.63, 3.8) is 0 Å². The molecule has 0 saturated carbocycles. The zero-order valence-corrected chi connectivity index (χ0v) is 15.7. The quantitative estimate of drug-likeness (QED) is 0.245. The third kappa shape index (κ3) is 4.94. The summed E-state index contributed by atoms with van der Waals surface area (Å²) in [5, 5.41) is 28.0. The Morgan fingerprint density at radius 2 is 1.48 bits per heavy atom. The van der Waals surface area contributed by atoms with E-state index in [1.54, 1.807) is 0 Å². The molecule has 0 aromatic heterocycles. The number of ketones is 1. The molecule has 0 aliphatic rings. The fraction of sp³-hybridized carbons (Fsp3) is 0. The number of phenolic OH excluding ortho intramolecular Hbond substituents is 3. The minimum absolute atomic E-state index is 0.0297. The molecule has 7 nitrogen and oxygen atoms in total. The third-order valence-corrected chi connectivity index (χ3v) is 5.16. The molecule has 0 aliphatic heterocycles. The molecule has 0 bridgehead atoms. The Kier molecular flexibility index (Phi) is 5.56. The predicted octanol–water partition coefficient (Wildman–Crippen LogP) is 3.47. The summed E-state index contributed by atoms with van der Waals surface area (Å²) in [4.78, 5) is 12.1. The van der Waals surface area contributed by atoms with Crippen molar-refractivity contribution in [2.24, 2.45) is 0 Å². The number of rotatable bonds is 6. The van der Waals surface area contributed by atoms with Gasteiger partial charge in [0, 0.05) is 5.56 Å². The summed E-state index contributed by atoms with van der Waals surface area (Å²) in [6.45, 7) is 0. The van der Waals surface area contributed by atoms with Crippen molar-refractivity contribution in [2.45, 2.75) is 4.90 Å². The van der Waals surface area contributed by atoms with Crippen molar-refractivity contribution in [1.29, 1.82) is 0 Å². The van der Waals surface area contributed by atoms with Gasteiger partial charge in [-0.3, -0.25) is 4.79 Å². The number of hydrogen-bond acceptors (Lipinski definition) is 7. The Balaban J connectivity index is 1.70. The van der Waals surface area contributed by atoms with Gasteiger partial charge >= 0.3 is 10.1 Å². The number of carbonyl (C=O) groups excluding carboxylic acids is 1. The van der Waals surface area contributed by atoms with Crippen LogP contribution < -0.4 is 4.18 Å². The van der Waals surface area contributed by atoms with Crippen LogP contribution in [-0.2, 0) is 10.1 Å². The molecule has 0 unspecified atom stereocenters. The molecule has 148 valence electrons. The van der Waals surface area contributed by atoms with E-state index in [1.807, 2.05) is 0 Å². The van der Waals surface area contributed by atoms with E-state index >= 15 is 0 Å². The third-order valence-electron chi connectivity index (χ3n) is 3.90. The van der Waals surface area contributed by atoms with Gasteiger partial charge in [0.25, 0.3) is 0 Å². The van der Waals surface area contributed by atoms with E-state index in [4.69, 9.17) is 4.18 Å². The van der Waals surface area contributed by atoms with Crippen LogP contribution in [0.4, 0.5) is 0 Å². The summed E-state index contributed by atoms with van der Waals surface area (Å²) in [7, 11) is -4.07. The van der Waals surface area contributed by atoms with Crippen molar-refractivity contribution in [3.8, 4) is 23.0 Å². The van der Waals surface area contributed by atoms with Crippen molar-refractivity contribution in [3.05, 3.63) is 83.9 Å². The molecule has 29 heavy (non-hydrogen) atoms. The summed E-state index contributed by atoms with van der Waals surface area (Å²) >= 11 is 0. The van der Waals surface area contributed by atoms with E-state index in [1.165, 1.54) is 78.9 Å². The second-order valence-corrected chi connectivity index (χ2v) is 7.55. The van der Waals surface area contributed by atoms with Crippen molar-refractivity contribution < 1.29 is 32.7 Å². The number of benzene rings is 3. The first kappa shape index (κ1) is 20.0. The second-order valence-electron chi connectivity index (χ2n) is 6.00. The van der Waals surface area contributed by atoms with Crippen LogP contribution in [0, 0.1) is 0 Å². The fourth-order valence-corrected chi connectivity index (χ4v) is 3.30. The normalized spacial score (nSPS) is 11.4. The molecular weight excluding hydrogens is 396 g/mol. The lowest BCUT2D eigenvalue weighted by Crippen LogP contribution is -2.09. The van der Waals surface area contributed by atoms with Crippen LogP contribution >= 0.6 is 0 Å². The Bertz CT molecular complexity index is 1160. The first-order valence-corrected chi connectivity index (χ1v) is 9.73. The smallest absolute Gasteiger partial charge is 0.339 e. The predicted molar refractivity (Wildman–Crippen MR) is 105 cm³/mol. The van der Waals surface area contributed by atoms with Gasteiger partial charge in [-0.25, -0.2) is 0 Å². The summed E-state index contributed by atoms with van der Waals surface area (Å²) in [5.74, 6) is -0.933. The molecule has 3 aromatic rings. The van der Waals surface area contributed by atoms with E-state index in [0.717, 1.165) is 0 Å². The van der Waals surface area contributed by atoms with Gasteiger partial charge in [-0.1, -0.05) is 12.1 Å². The summed E-state index contributed by atoms with van der Waals surface area (Å²) in [6, 6.07) is 14.6. The van der Waals surface area contributed by atoms with Crippen LogP contribution in [-0.4, -0.2) is 29.5 Å². The molecule has 0 amide bonds. The lowest BCUT2D eigenvalue weighted by molar-refractivity contribution is 0.104. The van der Waals surface area contributed by atoms with Crippen LogP contribution in [0.25, 0.3) is 6.08 Å². The number of phenols is 3. The average Bonchev–Trinajstić information content (AvgIpc) is 2.69. The highest BCUT2D eigenvalue weighted by atomic mass is 32.2. The monoisotopic (exact) mass is 412 g/mol. The minimum atomic E-state index is -4.07. The van der Waals surface area contributed by atoms with Crippen molar-refractivity contribution in [1.82, 2.24) is 0 Å². The Morgan fingerprint density at radius 3 is 2.10 bits per heavy atom. The summed E-state index contributed by atoms with van der Waals surface area (Å²) < 4.78 is 29.5. The summed E-state index contributed by atoms with van der Waals surface area (Å²) in [6.07, 6.45) is 2.76. The zero-order valence-electron chi connectivity index (χ0n) is 14.9. The molecule has 8 heteroatoms. The van der Waals surface area contributed by atoms with Gasteiger partial charge in [-0.2, -0.15) is 8.42 Å². The highest BCUT2D eigenvalue weighted by Gasteiger charge is 2.16. The van der Waals surface area contributed by atoms with E-state index in [2.05, 4.69) is 0 Å². The first-order valence-electron chi connectivity index (χ1n) is 8.32. The average molecular weight is 412 g/mol. The molecule has 0 aliphatic carbocycles. The first-order chi connectivity index (χ1) is 13.7. The molecule has 0 fully saturated rings. The SMILES string of the molecule is O=C(/C=C/c1ccc(O)c(O)c1)c1ccc(OS(=O)(=O)c2ccc(O)cc2)cc1. The topological polar surface area (TPSA) is 121 Å². The fourth-order valence-electron chi connectivity index (χ4n) is 2.37. The number of allylic oxidation sites excluding steroid dienone is 1. The van der Waals surface area contributed by atoms with Gasteiger partial charge in [0.2, 0.25) is 0 Å². The molecule has 3 rings (SSSR count). The molecule has 0 radical (unpaired) electrons. The van der Waals surface area contributed by atoms with Crippen molar-refractivity contribution in [2.75, 3.05) is 0 Å².